The average molecular weight is 484 g/mol. The molecule has 1 amide bonds. The van der Waals surface area contributed by atoms with Gasteiger partial charge in [0.1, 0.15) is 0 Å². The van der Waals surface area contributed by atoms with Gasteiger partial charge >= 0.3 is 12.1 Å². The number of allylic oxidation sites excluding steroid dienone is 3. The van der Waals surface area contributed by atoms with E-state index in [2.05, 4.69) is 25.2 Å². The molecule has 0 aliphatic heterocycles. The molecule has 34 heavy (non-hydrogen) atoms. The van der Waals surface area contributed by atoms with Crippen LogP contribution in [0.15, 0.2) is 23.3 Å². The van der Waals surface area contributed by atoms with Crippen LogP contribution in [0.2, 0.25) is 0 Å². The van der Waals surface area contributed by atoms with E-state index in [0.717, 1.165) is 37.7 Å². The lowest BCUT2D eigenvalue weighted by Crippen LogP contribution is -2.53. The Balaban J connectivity index is 1.52. The summed E-state index contributed by atoms with van der Waals surface area (Å²) in [7, 11) is 1.40. The number of fused-ring (bicyclic) bond motifs is 5. The average Bonchev–Trinajstić information content (AvgIpc) is 3.14. The summed E-state index contributed by atoms with van der Waals surface area (Å²) in [5.41, 5.74) is 1.65. The van der Waals surface area contributed by atoms with E-state index in [1.165, 1.54) is 19.6 Å². The highest BCUT2D eigenvalue weighted by atomic mass is 19.4. The number of ether oxygens (including phenoxy) is 1. The summed E-state index contributed by atoms with van der Waals surface area (Å²) in [4.78, 5) is 25.1. The van der Waals surface area contributed by atoms with E-state index >= 15 is 0 Å². The van der Waals surface area contributed by atoms with Crippen LogP contribution in [0, 0.1) is 34.5 Å². The number of methoxy groups -OCH3 is 1. The molecular formula is C26H36F3NO4. The van der Waals surface area contributed by atoms with Gasteiger partial charge < -0.3 is 15.2 Å². The summed E-state index contributed by atoms with van der Waals surface area (Å²) in [6.45, 7) is 5.63. The molecule has 2 saturated carbocycles. The molecule has 4 aliphatic carbocycles. The Hall–Kier alpha value is -1.83. The minimum Gasteiger partial charge on any atom is -0.466 e. The number of halogens is 3. The van der Waals surface area contributed by atoms with Crippen LogP contribution in [-0.2, 0) is 14.3 Å². The third kappa shape index (κ3) is 3.99. The van der Waals surface area contributed by atoms with Crippen LogP contribution in [0.1, 0.15) is 65.7 Å². The maximum Gasteiger partial charge on any atom is 0.416 e. The van der Waals surface area contributed by atoms with Crippen LogP contribution in [-0.4, -0.2) is 42.4 Å². The van der Waals surface area contributed by atoms with Gasteiger partial charge in [0.05, 0.1) is 13.2 Å². The summed E-state index contributed by atoms with van der Waals surface area (Å²) >= 11 is 0. The molecule has 8 atom stereocenters. The third-order valence-electron chi connectivity index (χ3n) is 9.71. The lowest BCUT2D eigenvalue weighted by molar-refractivity contribution is -0.211. The Bertz CT molecular complexity index is 912. The molecule has 0 saturated heterocycles. The van der Waals surface area contributed by atoms with Gasteiger partial charge in [0.15, 0.2) is 6.10 Å². The Labute approximate surface area is 199 Å². The van der Waals surface area contributed by atoms with E-state index in [-0.39, 0.29) is 28.6 Å². The van der Waals surface area contributed by atoms with Crippen LogP contribution >= 0.6 is 0 Å². The molecule has 8 heteroatoms. The van der Waals surface area contributed by atoms with Crippen molar-refractivity contribution in [1.82, 2.24) is 5.32 Å². The number of alkyl halides is 3. The summed E-state index contributed by atoms with van der Waals surface area (Å²) in [5, 5.41) is 12.0. The minimum absolute atomic E-state index is 0.0204. The van der Waals surface area contributed by atoms with Crippen LogP contribution in [0.4, 0.5) is 13.2 Å². The topological polar surface area (TPSA) is 75.6 Å². The van der Waals surface area contributed by atoms with Crippen molar-refractivity contribution in [2.75, 3.05) is 7.11 Å². The van der Waals surface area contributed by atoms with Crippen molar-refractivity contribution >= 4 is 11.9 Å². The molecule has 0 spiro atoms. The zero-order chi connectivity index (χ0) is 25.1. The monoisotopic (exact) mass is 483 g/mol. The first-order chi connectivity index (χ1) is 15.8. The second-order valence-electron chi connectivity index (χ2n) is 11.3. The molecule has 190 valence electrons. The van der Waals surface area contributed by atoms with Crippen molar-refractivity contribution < 1.29 is 32.6 Å². The molecule has 0 radical (unpaired) electrons. The fourth-order valence-corrected chi connectivity index (χ4v) is 7.74. The van der Waals surface area contributed by atoms with Crippen molar-refractivity contribution in [3.8, 4) is 0 Å². The standard InChI is InChI=1S/C26H36F3NO4/c1-14(21(31)26(27,28)29)30-22(32)20-8-7-18-17-6-5-16-13-15(23(33)34-4)9-11-24(16,2)19(17)10-12-25(18,20)3/h5,13-14,17-21,31H,6-12H2,1-4H3,(H,30,32)/t14?,17-,18-,19-,20+,21?,24-,25-/m0/s1. The Morgan fingerprint density at radius 2 is 1.88 bits per heavy atom. The van der Waals surface area contributed by atoms with Crippen LogP contribution < -0.4 is 5.32 Å². The first-order valence-corrected chi connectivity index (χ1v) is 12.4. The van der Waals surface area contributed by atoms with E-state index in [9.17, 15) is 27.9 Å². The van der Waals surface area contributed by atoms with Crippen LogP contribution in [0.25, 0.3) is 0 Å². The fourth-order valence-electron chi connectivity index (χ4n) is 7.74. The lowest BCUT2D eigenvalue weighted by atomic mass is 9.48. The van der Waals surface area contributed by atoms with Gasteiger partial charge in [-0.15, -0.1) is 0 Å². The molecule has 0 heterocycles. The number of amides is 1. The van der Waals surface area contributed by atoms with Gasteiger partial charge in [-0.2, -0.15) is 13.2 Å². The smallest absolute Gasteiger partial charge is 0.416 e. The molecule has 4 aliphatic rings. The molecular weight excluding hydrogens is 447 g/mol. The zero-order valence-electron chi connectivity index (χ0n) is 20.4. The molecule has 4 rings (SSSR count). The number of aliphatic hydroxyl groups is 1. The van der Waals surface area contributed by atoms with E-state index < -0.39 is 18.3 Å². The lowest BCUT2D eigenvalue weighted by Gasteiger charge is -2.57. The summed E-state index contributed by atoms with van der Waals surface area (Å²) in [5.74, 6) is 0.198. The number of hydrogen-bond donors (Lipinski definition) is 2. The van der Waals surface area contributed by atoms with Gasteiger partial charge in [0, 0.05) is 11.5 Å². The number of rotatable bonds is 4. The predicted molar refractivity (Wildman–Crippen MR) is 120 cm³/mol. The Morgan fingerprint density at radius 1 is 1.18 bits per heavy atom. The number of hydrogen-bond acceptors (Lipinski definition) is 4. The van der Waals surface area contributed by atoms with Crippen molar-refractivity contribution in [3.05, 3.63) is 23.3 Å². The van der Waals surface area contributed by atoms with Gasteiger partial charge in [0.2, 0.25) is 5.91 Å². The molecule has 2 N–H and O–H groups in total. The maximum absolute atomic E-state index is 13.1. The number of nitrogens with one attached hydrogen (secondary N) is 1. The van der Waals surface area contributed by atoms with E-state index in [1.807, 2.05) is 6.08 Å². The highest BCUT2D eigenvalue weighted by Gasteiger charge is 2.60. The van der Waals surface area contributed by atoms with E-state index in [1.54, 1.807) is 0 Å². The molecule has 0 bridgehead atoms. The van der Waals surface area contributed by atoms with Crippen LogP contribution in [0.5, 0.6) is 0 Å². The Morgan fingerprint density at radius 3 is 2.53 bits per heavy atom. The normalized spacial score (nSPS) is 38.9. The minimum atomic E-state index is -4.77. The van der Waals surface area contributed by atoms with Crippen molar-refractivity contribution in [1.29, 1.82) is 0 Å². The second kappa shape index (κ2) is 8.68. The first kappa shape index (κ1) is 25.3. The first-order valence-electron chi connectivity index (χ1n) is 12.4. The number of esters is 1. The van der Waals surface area contributed by atoms with Crippen molar-refractivity contribution in [2.24, 2.45) is 34.5 Å². The molecule has 0 aromatic heterocycles. The Kier molecular flexibility index (Phi) is 6.45. The van der Waals surface area contributed by atoms with E-state index in [4.69, 9.17) is 4.74 Å². The summed E-state index contributed by atoms with van der Waals surface area (Å²) in [6.07, 6.45) is 2.74. The quantitative estimate of drug-likeness (QED) is 0.569. The highest BCUT2D eigenvalue weighted by Crippen LogP contribution is 2.66. The highest BCUT2D eigenvalue weighted by molar-refractivity contribution is 5.89. The van der Waals surface area contributed by atoms with Crippen LogP contribution in [0.3, 0.4) is 0 Å². The largest absolute Gasteiger partial charge is 0.466 e. The second-order valence-corrected chi connectivity index (χ2v) is 11.3. The summed E-state index contributed by atoms with van der Waals surface area (Å²) < 4.78 is 43.6. The predicted octanol–water partition coefficient (Wildman–Crippen LogP) is 4.70. The molecule has 0 aromatic rings. The fraction of sp³-hybridized carbons (Fsp3) is 0.769. The van der Waals surface area contributed by atoms with Crippen molar-refractivity contribution in [2.45, 2.75) is 84.0 Å². The van der Waals surface area contributed by atoms with Gasteiger partial charge in [-0.05, 0) is 92.1 Å². The van der Waals surface area contributed by atoms with Gasteiger partial charge in [-0.25, -0.2) is 4.79 Å². The van der Waals surface area contributed by atoms with Gasteiger partial charge in [-0.3, -0.25) is 4.79 Å². The SMILES string of the molecule is COC(=O)C1=CC2=CC[C@H]3[C@@H]4CC[C@H](C(=O)NC(C)C(O)C(F)(F)F)[C@@]4(C)CC[C@@H]3[C@@]2(C)CC1. The van der Waals surface area contributed by atoms with Gasteiger partial charge in [-0.1, -0.05) is 19.9 Å². The molecule has 5 nitrogen and oxygen atoms in total. The summed E-state index contributed by atoms with van der Waals surface area (Å²) in [6, 6.07) is -1.39. The zero-order valence-corrected chi connectivity index (χ0v) is 20.4. The molecule has 0 aromatic carbocycles. The molecule has 2 unspecified atom stereocenters. The maximum atomic E-state index is 13.1. The number of carbonyl (C=O) groups excluding carboxylic acids is 2. The van der Waals surface area contributed by atoms with E-state index in [0.29, 0.717) is 30.6 Å². The van der Waals surface area contributed by atoms with Gasteiger partial charge in [0.25, 0.3) is 0 Å². The third-order valence-corrected chi connectivity index (χ3v) is 9.71. The number of carbonyl (C=O) groups is 2. The number of aliphatic hydroxyl groups excluding tert-OH is 1. The van der Waals surface area contributed by atoms with Crippen molar-refractivity contribution in [3.63, 3.8) is 0 Å². The molecule has 2 fully saturated rings.